The molecule has 2 heterocycles. The van der Waals surface area contributed by atoms with E-state index in [1.807, 2.05) is 27.7 Å². The number of fused-ring (bicyclic) bond motifs is 2. The Bertz CT molecular complexity index is 1080. The van der Waals surface area contributed by atoms with E-state index in [2.05, 4.69) is 21.4 Å². The number of piperidine rings is 1. The number of anilines is 2. The van der Waals surface area contributed by atoms with E-state index in [4.69, 9.17) is 26.3 Å². The molecule has 1 amide bonds. The van der Waals surface area contributed by atoms with Crippen LogP contribution in [-0.4, -0.2) is 45.8 Å². The van der Waals surface area contributed by atoms with Gasteiger partial charge in [0, 0.05) is 24.9 Å². The third-order valence-corrected chi connectivity index (χ3v) is 6.35. The summed E-state index contributed by atoms with van der Waals surface area (Å²) >= 11 is 6.30. The first-order valence-electron chi connectivity index (χ1n) is 11.1. The first kappa shape index (κ1) is 23.1. The summed E-state index contributed by atoms with van der Waals surface area (Å²) in [5.74, 6) is 1.57. The number of likely N-dealkylation sites (tertiary alicyclic amines) is 1. The number of hydrogen-bond acceptors (Lipinski definition) is 7. The molecule has 2 bridgehead atoms. The minimum Gasteiger partial charge on any atom is -0.473 e. The summed E-state index contributed by atoms with van der Waals surface area (Å²) in [6, 6.07) is 7.11. The molecule has 1 aliphatic heterocycles. The molecule has 4 rings (SSSR count). The molecule has 1 aliphatic carbocycles. The van der Waals surface area contributed by atoms with Crippen LogP contribution in [-0.2, 0) is 4.74 Å². The van der Waals surface area contributed by atoms with E-state index >= 15 is 0 Å². The molecular weight excluding hydrogens is 442 g/mol. The Labute approximate surface area is 198 Å². The summed E-state index contributed by atoms with van der Waals surface area (Å²) in [5.41, 5.74) is 1.39. The lowest BCUT2D eigenvalue weighted by Crippen LogP contribution is -2.50. The second-order valence-electron chi connectivity index (χ2n) is 9.65. The number of benzene rings is 1. The van der Waals surface area contributed by atoms with Crippen molar-refractivity contribution in [3.05, 3.63) is 40.7 Å². The van der Waals surface area contributed by atoms with Gasteiger partial charge in [0.25, 0.3) is 0 Å². The number of nitriles is 1. The topological polar surface area (TPSA) is 100 Å². The molecule has 2 aliphatic rings. The minimum atomic E-state index is -0.511. The quantitative estimate of drug-likeness (QED) is 0.666. The van der Waals surface area contributed by atoms with Crippen molar-refractivity contribution in [2.75, 3.05) is 18.4 Å². The van der Waals surface area contributed by atoms with Crippen LogP contribution in [0, 0.1) is 30.1 Å². The fourth-order valence-corrected chi connectivity index (χ4v) is 4.69. The summed E-state index contributed by atoms with van der Waals surface area (Å²) in [7, 11) is 0. The highest BCUT2D eigenvalue weighted by atomic mass is 35.5. The van der Waals surface area contributed by atoms with Gasteiger partial charge in [-0.15, -0.1) is 0 Å². The summed E-state index contributed by atoms with van der Waals surface area (Å²) in [5, 5.41) is 12.7. The molecule has 1 N–H and O–H groups in total. The molecule has 1 aromatic carbocycles. The Morgan fingerprint density at radius 1 is 1.24 bits per heavy atom. The SMILES string of the molecule is Cc1c(Nc2ccc(C#N)cc2Cl)ncnc1OC1C2CCC1CN(C(=O)OC(C)(C)C)C2. The fourth-order valence-electron chi connectivity index (χ4n) is 4.46. The fraction of sp³-hybridized carbons (Fsp3) is 0.500. The normalized spacial score (nSPS) is 21.9. The average molecular weight is 470 g/mol. The molecule has 1 saturated heterocycles. The number of amides is 1. The summed E-state index contributed by atoms with van der Waals surface area (Å²) in [6.45, 7) is 8.77. The zero-order chi connectivity index (χ0) is 23.8. The average Bonchev–Trinajstić information content (AvgIpc) is 2.97. The lowest BCUT2D eigenvalue weighted by molar-refractivity contribution is -0.00773. The Kier molecular flexibility index (Phi) is 6.35. The molecule has 2 atom stereocenters. The molecule has 9 heteroatoms. The van der Waals surface area contributed by atoms with E-state index in [1.165, 1.54) is 6.33 Å². The van der Waals surface area contributed by atoms with Gasteiger partial charge in [0.05, 0.1) is 27.9 Å². The molecule has 0 spiro atoms. The summed E-state index contributed by atoms with van der Waals surface area (Å²) < 4.78 is 12.0. The van der Waals surface area contributed by atoms with Crippen LogP contribution in [0.25, 0.3) is 0 Å². The highest BCUT2D eigenvalue weighted by molar-refractivity contribution is 6.33. The minimum absolute atomic E-state index is 0.0105. The number of ether oxygens (including phenoxy) is 2. The number of aromatic nitrogens is 2. The summed E-state index contributed by atoms with van der Waals surface area (Å²) in [6.07, 6.45) is 3.19. The van der Waals surface area contributed by atoms with E-state index < -0.39 is 5.60 Å². The van der Waals surface area contributed by atoms with E-state index in [-0.39, 0.29) is 24.0 Å². The second-order valence-corrected chi connectivity index (χ2v) is 10.1. The number of halogens is 1. The third kappa shape index (κ3) is 5.14. The van der Waals surface area contributed by atoms with Gasteiger partial charge < -0.3 is 19.7 Å². The standard InChI is InChI=1S/C24H28ClN5O3/c1-14-21(29-19-8-5-15(10-26)9-18(19)25)27-13-28-22(14)32-20-16-6-7-17(20)12-30(11-16)23(31)33-24(2,3)4/h5,8-9,13,16-17,20H,6-7,11-12H2,1-4H3,(H,27,28,29). The van der Waals surface area contributed by atoms with Crippen molar-refractivity contribution in [1.82, 2.24) is 14.9 Å². The van der Waals surface area contributed by atoms with Crippen LogP contribution >= 0.6 is 11.6 Å². The van der Waals surface area contributed by atoms with Gasteiger partial charge in [-0.25, -0.2) is 14.8 Å². The van der Waals surface area contributed by atoms with Gasteiger partial charge in [0.2, 0.25) is 5.88 Å². The lowest BCUT2D eigenvalue weighted by Gasteiger charge is -2.38. The van der Waals surface area contributed by atoms with Crippen LogP contribution in [0.15, 0.2) is 24.5 Å². The van der Waals surface area contributed by atoms with Gasteiger partial charge in [-0.3, -0.25) is 0 Å². The van der Waals surface area contributed by atoms with Crippen LogP contribution in [0.1, 0.15) is 44.7 Å². The predicted molar refractivity (Wildman–Crippen MR) is 125 cm³/mol. The zero-order valence-electron chi connectivity index (χ0n) is 19.3. The number of carbonyl (C=O) groups is 1. The van der Waals surface area contributed by atoms with Gasteiger partial charge in [-0.1, -0.05) is 11.6 Å². The molecular formula is C24H28ClN5O3. The van der Waals surface area contributed by atoms with E-state index in [9.17, 15) is 4.79 Å². The van der Waals surface area contributed by atoms with Gasteiger partial charge >= 0.3 is 6.09 Å². The molecule has 174 valence electrons. The lowest BCUT2D eigenvalue weighted by atomic mass is 9.95. The van der Waals surface area contributed by atoms with Crippen LogP contribution in [0.4, 0.5) is 16.3 Å². The molecule has 8 nitrogen and oxygen atoms in total. The first-order valence-corrected chi connectivity index (χ1v) is 11.5. The molecule has 2 fully saturated rings. The Hall–Kier alpha value is -3.05. The van der Waals surface area contributed by atoms with Crippen molar-refractivity contribution in [1.29, 1.82) is 5.26 Å². The van der Waals surface area contributed by atoms with E-state index in [1.54, 1.807) is 23.1 Å². The number of carbonyl (C=O) groups excluding carboxylic acids is 1. The van der Waals surface area contributed by atoms with Crippen LogP contribution in [0.2, 0.25) is 5.02 Å². The van der Waals surface area contributed by atoms with E-state index in [0.29, 0.717) is 41.1 Å². The van der Waals surface area contributed by atoms with Gasteiger partial charge in [-0.2, -0.15) is 5.26 Å². The van der Waals surface area contributed by atoms with Gasteiger partial charge in [0.1, 0.15) is 23.9 Å². The second kappa shape index (κ2) is 9.06. The number of nitrogens with one attached hydrogen (secondary N) is 1. The van der Waals surface area contributed by atoms with Gasteiger partial charge in [0.15, 0.2) is 0 Å². The Morgan fingerprint density at radius 2 is 1.94 bits per heavy atom. The zero-order valence-corrected chi connectivity index (χ0v) is 20.0. The maximum atomic E-state index is 12.5. The maximum absolute atomic E-state index is 12.5. The predicted octanol–water partition coefficient (Wildman–Crippen LogP) is 5.08. The molecule has 2 unspecified atom stereocenters. The maximum Gasteiger partial charge on any atom is 0.410 e. The van der Waals surface area contributed by atoms with Crippen molar-refractivity contribution in [2.45, 2.75) is 52.2 Å². The van der Waals surface area contributed by atoms with Crippen molar-refractivity contribution in [2.24, 2.45) is 11.8 Å². The summed E-state index contributed by atoms with van der Waals surface area (Å²) in [4.78, 5) is 23.1. The first-order chi connectivity index (χ1) is 15.6. The highest BCUT2D eigenvalue weighted by Crippen LogP contribution is 2.40. The number of hydrogen-bond donors (Lipinski definition) is 1. The Balaban J connectivity index is 1.46. The largest absolute Gasteiger partial charge is 0.473 e. The van der Waals surface area contributed by atoms with Gasteiger partial charge in [-0.05, 0) is 58.7 Å². The van der Waals surface area contributed by atoms with E-state index in [0.717, 1.165) is 18.4 Å². The molecule has 2 aromatic rings. The molecule has 1 aromatic heterocycles. The van der Waals surface area contributed by atoms with Crippen molar-refractivity contribution in [3.8, 4) is 11.9 Å². The smallest absolute Gasteiger partial charge is 0.410 e. The Morgan fingerprint density at radius 3 is 2.55 bits per heavy atom. The third-order valence-electron chi connectivity index (χ3n) is 6.04. The monoisotopic (exact) mass is 469 g/mol. The number of nitrogens with zero attached hydrogens (tertiary/aromatic N) is 4. The van der Waals surface area contributed by atoms with Crippen molar-refractivity contribution >= 4 is 29.2 Å². The van der Waals surface area contributed by atoms with Crippen molar-refractivity contribution < 1.29 is 14.3 Å². The van der Waals surface area contributed by atoms with Crippen molar-refractivity contribution in [3.63, 3.8) is 0 Å². The molecule has 0 radical (unpaired) electrons. The highest BCUT2D eigenvalue weighted by Gasteiger charge is 2.46. The van der Waals surface area contributed by atoms with Crippen LogP contribution in [0.5, 0.6) is 5.88 Å². The van der Waals surface area contributed by atoms with Crippen LogP contribution < -0.4 is 10.1 Å². The van der Waals surface area contributed by atoms with Crippen LogP contribution in [0.3, 0.4) is 0 Å². The molecule has 1 saturated carbocycles. The number of rotatable bonds is 4. The molecule has 33 heavy (non-hydrogen) atoms.